The largest absolute Gasteiger partial charge is 0.370 e. The summed E-state index contributed by atoms with van der Waals surface area (Å²) in [5.41, 5.74) is 14.5. The average molecular weight is 866 g/mol. The topological polar surface area (TPSA) is 270 Å². The molecule has 328 valence electrons. The fourth-order valence-corrected chi connectivity index (χ4v) is 9.62. The predicted molar refractivity (Wildman–Crippen MR) is 235 cm³/mol. The number of aromatic nitrogens is 2. The molecule has 18 heteroatoms. The number of guanidine groups is 1. The third-order valence-electron chi connectivity index (χ3n) is 12.1. The van der Waals surface area contributed by atoms with Gasteiger partial charge in [0, 0.05) is 54.0 Å². The van der Waals surface area contributed by atoms with Crippen LogP contribution in [0.3, 0.4) is 0 Å². The zero-order valence-electron chi connectivity index (χ0n) is 34.5. The first kappa shape index (κ1) is 43.8. The number of para-hydroxylation sites is 1. The van der Waals surface area contributed by atoms with Gasteiger partial charge in [0.15, 0.2) is 5.96 Å². The molecule has 3 aliphatic rings. The average Bonchev–Trinajstić information content (AvgIpc) is 4.05. The summed E-state index contributed by atoms with van der Waals surface area (Å²) in [6.07, 6.45) is 8.44. The van der Waals surface area contributed by atoms with Crippen LogP contribution < -0.4 is 38.1 Å². The van der Waals surface area contributed by atoms with Crippen LogP contribution in [0.1, 0.15) is 85.8 Å². The summed E-state index contributed by atoms with van der Waals surface area (Å²) in [6, 6.07) is 9.32. The first-order chi connectivity index (χ1) is 29.9. The molecule has 2 fully saturated rings. The molecule has 0 spiro atoms. The number of carbonyl (C=O) groups is 6. The van der Waals surface area contributed by atoms with Crippen molar-refractivity contribution in [2.45, 2.75) is 107 Å². The normalized spacial score (nSPS) is 23.3. The highest BCUT2D eigenvalue weighted by atomic mass is 32.1. The van der Waals surface area contributed by atoms with E-state index in [9.17, 15) is 28.8 Å². The van der Waals surface area contributed by atoms with E-state index >= 15 is 0 Å². The van der Waals surface area contributed by atoms with Gasteiger partial charge in [-0.15, -0.1) is 11.3 Å². The Hall–Kier alpha value is -6.30. The van der Waals surface area contributed by atoms with Gasteiger partial charge in [-0.05, 0) is 61.3 Å². The van der Waals surface area contributed by atoms with Crippen molar-refractivity contribution in [3.63, 3.8) is 0 Å². The van der Waals surface area contributed by atoms with E-state index < -0.39 is 65.7 Å². The number of nitrogens with one attached hydrogen (secondary N) is 7. The van der Waals surface area contributed by atoms with Crippen molar-refractivity contribution in [1.29, 1.82) is 5.41 Å². The molecule has 0 radical (unpaired) electrons. The number of aromatic amines is 1. The van der Waals surface area contributed by atoms with E-state index in [-0.39, 0.29) is 43.4 Å². The number of rotatable bonds is 9. The Kier molecular flexibility index (Phi) is 14.2. The second-order valence-corrected chi connectivity index (χ2v) is 17.4. The van der Waals surface area contributed by atoms with Gasteiger partial charge >= 0.3 is 0 Å². The lowest BCUT2D eigenvalue weighted by Crippen LogP contribution is -2.59. The molecule has 4 bridgehead atoms. The summed E-state index contributed by atoms with van der Waals surface area (Å²) < 4.78 is 0. The van der Waals surface area contributed by atoms with Gasteiger partial charge in [-0.2, -0.15) is 0 Å². The van der Waals surface area contributed by atoms with E-state index in [0.717, 1.165) is 48.6 Å². The zero-order chi connectivity index (χ0) is 43.8. The summed E-state index contributed by atoms with van der Waals surface area (Å²) in [5.74, 6) is -3.63. The smallest absolute Gasteiger partial charge is 0.274 e. The van der Waals surface area contributed by atoms with Crippen molar-refractivity contribution in [2.24, 2.45) is 17.4 Å². The third kappa shape index (κ3) is 10.8. The van der Waals surface area contributed by atoms with Gasteiger partial charge in [-0.25, -0.2) is 4.98 Å². The quantitative estimate of drug-likeness (QED) is 0.0678. The molecule has 1 saturated carbocycles. The number of nitrogens with zero attached hydrogens (tertiary/aromatic N) is 2. The standard InChI is InChI=1S/C44H55N11O6S/c45-37(56)32-21-26-11-6-12-27(19-26)42-54-35(24-62-42)43(61)55-18-8-16-36(55)41(60)53-33(20-25-9-2-1-3-10-25)39(58)52-34(22-28-23-49-30-14-5-4-13-29(28)30)40(59)50-31(38(57)51-32)15-7-17-48-44(46)47/h4-6,11-14,19,23-25,31-34,36,49H,1-3,7-10,15-18,20-22H2,(H2,45,56)(H,50,59)(H,51,57)(H,52,58)(H,53,60)(H4,46,47,48)/t31?,32-,33+,34-,36-/m0/s1. The maximum atomic E-state index is 14.6. The molecule has 2 aromatic heterocycles. The van der Waals surface area contributed by atoms with Crippen LogP contribution in [0, 0.1) is 11.3 Å². The van der Waals surface area contributed by atoms with Crippen molar-refractivity contribution >= 4 is 63.6 Å². The van der Waals surface area contributed by atoms with Crippen LogP contribution in [0.2, 0.25) is 0 Å². The zero-order valence-corrected chi connectivity index (χ0v) is 35.4. The summed E-state index contributed by atoms with van der Waals surface area (Å²) in [6.45, 7) is 0.569. The molecule has 4 aromatic rings. The van der Waals surface area contributed by atoms with Crippen LogP contribution in [0.4, 0.5) is 0 Å². The van der Waals surface area contributed by atoms with Crippen LogP contribution in [-0.4, -0.2) is 99.6 Å². The van der Waals surface area contributed by atoms with E-state index in [0.29, 0.717) is 48.4 Å². The highest BCUT2D eigenvalue weighted by Gasteiger charge is 2.39. The molecule has 17 nitrogen and oxygen atoms in total. The number of benzene rings is 2. The van der Waals surface area contributed by atoms with Crippen LogP contribution in [0.15, 0.2) is 60.1 Å². The summed E-state index contributed by atoms with van der Waals surface area (Å²) in [4.78, 5) is 93.9. The van der Waals surface area contributed by atoms with Crippen LogP contribution >= 0.6 is 11.3 Å². The maximum Gasteiger partial charge on any atom is 0.274 e. The van der Waals surface area contributed by atoms with Gasteiger partial charge in [0.05, 0.1) is 0 Å². The number of hydrogen-bond acceptors (Lipinski definition) is 9. The Morgan fingerprint density at radius 3 is 2.39 bits per heavy atom. The lowest BCUT2D eigenvalue weighted by atomic mass is 9.84. The van der Waals surface area contributed by atoms with Crippen LogP contribution in [-0.2, 0) is 36.8 Å². The molecule has 5 atom stereocenters. The number of nitrogens with two attached hydrogens (primary N) is 2. The molecule has 11 N–H and O–H groups in total. The number of hydrogen-bond donors (Lipinski definition) is 9. The minimum absolute atomic E-state index is 0.0187. The predicted octanol–water partition coefficient (Wildman–Crippen LogP) is 2.35. The fraction of sp³-hybridized carbons (Fsp3) is 0.455. The molecule has 2 aromatic carbocycles. The minimum Gasteiger partial charge on any atom is -0.370 e. The summed E-state index contributed by atoms with van der Waals surface area (Å²) >= 11 is 1.27. The molecule has 6 amide bonds. The van der Waals surface area contributed by atoms with Crippen LogP contribution in [0.5, 0.6) is 0 Å². The van der Waals surface area contributed by atoms with Crippen molar-refractivity contribution in [3.05, 3.63) is 76.9 Å². The molecule has 1 unspecified atom stereocenters. The van der Waals surface area contributed by atoms with Gasteiger partial charge < -0.3 is 47.9 Å². The number of H-pyrrole nitrogens is 1. The number of fused-ring (bicyclic) bond motifs is 7. The molecule has 1 saturated heterocycles. The third-order valence-corrected chi connectivity index (χ3v) is 13.0. The van der Waals surface area contributed by atoms with E-state index in [4.69, 9.17) is 16.9 Å². The Morgan fingerprint density at radius 2 is 1.60 bits per heavy atom. The fourth-order valence-electron chi connectivity index (χ4n) is 8.82. The van der Waals surface area contributed by atoms with Gasteiger partial charge in [-0.3, -0.25) is 34.2 Å². The second-order valence-electron chi connectivity index (χ2n) is 16.5. The van der Waals surface area contributed by atoms with Gasteiger partial charge in [-0.1, -0.05) is 68.5 Å². The number of amides is 6. The molecule has 7 rings (SSSR count). The van der Waals surface area contributed by atoms with E-state index in [2.05, 4.69) is 36.6 Å². The monoisotopic (exact) mass is 865 g/mol. The maximum absolute atomic E-state index is 14.6. The minimum atomic E-state index is -1.21. The lowest BCUT2D eigenvalue weighted by Gasteiger charge is -2.30. The lowest BCUT2D eigenvalue weighted by molar-refractivity contribution is -0.135. The first-order valence-electron chi connectivity index (χ1n) is 21.4. The Bertz CT molecular complexity index is 2300. The molecule has 4 heterocycles. The van der Waals surface area contributed by atoms with E-state index in [1.165, 1.54) is 16.2 Å². The number of carbonyl (C=O) groups excluding carboxylic acids is 6. The van der Waals surface area contributed by atoms with Crippen LogP contribution in [0.25, 0.3) is 21.5 Å². The van der Waals surface area contributed by atoms with Crippen molar-refractivity contribution in [3.8, 4) is 10.6 Å². The Labute approximate surface area is 363 Å². The van der Waals surface area contributed by atoms with Crippen molar-refractivity contribution in [1.82, 2.24) is 41.5 Å². The van der Waals surface area contributed by atoms with Gasteiger partial charge in [0.25, 0.3) is 5.91 Å². The second kappa shape index (κ2) is 20.0. The Balaban J connectivity index is 1.26. The van der Waals surface area contributed by atoms with Crippen molar-refractivity contribution in [2.75, 3.05) is 13.1 Å². The number of thiazole rings is 1. The highest BCUT2D eigenvalue weighted by Crippen LogP contribution is 2.30. The van der Waals surface area contributed by atoms with Gasteiger partial charge in [0.1, 0.15) is 40.9 Å². The Morgan fingerprint density at radius 1 is 0.855 bits per heavy atom. The van der Waals surface area contributed by atoms with E-state index in [1.54, 1.807) is 23.7 Å². The van der Waals surface area contributed by atoms with Gasteiger partial charge in [0.2, 0.25) is 29.5 Å². The molecule has 62 heavy (non-hydrogen) atoms. The molecule has 1 aliphatic carbocycles. The summed E-state index contributed by atoms with van der Waals surface area (Å²) in [7, 11) is 0. The number of primary amides is 1. The summed E-state index contributed by atoms with van der Waals surface area (Å²) in [5, 5.41) is 24.9. The van der Waals surface area contributed by atoms with Crippen molar-refractivity contribution < 1.29 is 28.8 Å². The van der Waals surface area contributed by atoms with E-state index in [1.807, 2.05) is 36.4 Å². The highest BCUT2D eigenvalue weighted by molar-refractivity contribution is 7.13. The molecular formula is C44H55N11O6S. The SMILES string of the molecule is N=C(N)NCCCC1NC(=O)[C@H](Cc2c[nH]c3ccccc23)NC(=O)[C@@H](CC2CCCCC2)NC(=O)[C@@H]2CCCN2C(=O)c2csc(n2)-c2cccc(c2)C[C@@H](C(N)=O)NC1=O. The molecular weight excluding hydrogens is 811 g/mol. The first-order valence-corrected chi connectivity index (χ1v) is 22.3. The molecule has 2 aliphatic heterocycles.